The number of hydrogen-bond donors (Lipinski definition) is 1. The lowest BCUT2D eigenvalue weighted by molar-refractivity contribution is -0.145. The van der Waals surface area contributed by atoms with Crippen molar-refractivity contribution in [2.45, 2.75) is 12.8 Å². The van der Waals surface area contributed by atoms with Crippen molar-refractivity contribution in [1.29, 1.82) is 0 Å². The van der Waals surface area contributed by atoms with Crippen LogP contribution in [0, 0.1) is 5.92 Å². The van der Waals surface area contributed by atoms with Gasteiger partial charge in [-0.25, -0.2) is 0 Å². The number of rotatable bonds is 2. The second-order valence-corrected chi connectivity index (χ2v) is 3.42. The number of aliphatic carboxylic acids is 1. The van der Waals surface area contributed by atoms with E-state index in [1.165, 1.54) is 4.90 Å². The molecule has 5 heteroatoms. The van der Waals surface area contributed by atoms with Crippen LogP contribution in [-0.4, -0.2) is 40.9 Å². The Morgan fingerprint density at radius 1 is 1.54 bits per heavy atom. The number of carboxylic acid groups (broad SMARTS) is 1. The summed E-state index contributed by atoms with van der Waals surface area (Å²) in [4.78, 5) is 23.3. The molecule has 1 heterocycles. The fourth-order valence-electron chi connectivity index (χ4n) is 1.49. The number of carboxylic acids is 1. The molecule has 74 valence electrons. The van der Waals surface area contributed by atoms with E-state index < -0.39 is 11.9 Å². The van der Waals surface area contributed by atoms with Gasteiger partial charge in [-0.2, -0.15) is 0 Å². The van der Waals surface area contributed by atoms with Gasteiger partial charge in [0.05, 0.1) is 5.92 Å². The van der Waals surface area contributed by atoms with E-state index in [1.54, 1.807) is 0 Å². The average molecular weight is 206 g/mol. The SMILES string of the molecule is O=C(O)[C@H]1CCCN(C(=O)CCl)C1. The van der Waals surface area contributed by atoms with Crippen LogP contribution < -0.4 is 0 Å². The summed E-state index contributed by atoms with van der Waals surface area (Å²) in [5, 5.41) is 8.74. The molecule has 0 aliphatic carbocycles. The maximum Gasteiger partial charge on any atom is 0.308 e. The molecule has 0 aromatic carbocycles. The summed E-state index contributed by atoms with van der Waals surface area (Å²) in [6.45, 7) is 0.941. The average Bonchev–Trinajstić information content (AvgIpc) is 2.17. The molecular weight excluding hydrogens is 194 g/mol. The first-order valence-corrected chi connectivity index (χ1v) is 4.75. The predicted molar refractivity (Wildman–Crippen MR) is 47.7 cm³/mol. The molecule has 1 fully saturated rings. The topological polar surface area (TPSA) is 57.6 Å². The number of alkyl halides is 1. The number of carbonyl (C=O) groups is 2. The number of carbonyl (C=O) groups excluding carboxylic acids is 1. The molecule has 1 aliphatic rings. The van der Waals surface area contributed by atoms with E-state index in [4.69, 9.17) is 16.7 Å². The van der Waals surface area contributed by atoms with Gasteiger partial charge in [0.2, 0.25) is 5.91 Å². The summed E-state index contributed by atoms with van der Waals surface area (Å²) < 4.78 is 0. The Bertz CT molecular complexity index is 219. The summed E-state index contributed by atoms with van der Waals surface area (Å²) in [6.07, 6.45) is 1.40. The molecule has 0 radical (unpaired) electrons. The molecular formula is C8H12ClNO3. The van der Waals surface area contributed by atoms with Crippen molar-refractivity contribution in [3.05, 3.63) is 0 Å². The third-order valence-electron chi connectivity index (χ3n) is 2.24. The third kappa shape index (κ3) is 2.59. The van der Waals surface area contributed by atoms with E-state index in [2.05, 4.69) is 0 Å². The van der Waals surface area contributed by atoms with Crippen molar-refractivity contribution in [3.63, 3.8) is 0 Å². The normalized spacial score (nSPS) is 22.8. The van der Waals surface area contributed by atoms with Crippen LogP contribution >= 0.6 is 11.6 Å². The van der Waals surface area contributed by atoms with Gasteiger partial charge in [-0.15, -0.1) is 11.6 Å². The fraction of sp³-hybridized carbons (Fsp3) is 0.750. The largest absolute Gasteiger partial charge is 0.481 e. The zero-order valence-corrected chi connectivity index (χ0v) is 7.96. The van der Waals surface area contributed by atoms with Crippen LogP contribution in [0.1, 0.15) is 12.8 Å². The lowest BCUT2D eigenvalue weighted by Crippen LogP contribution is -2.42. The van der Waals surface area contributed by atoms with Crippen molar-refractivity contribution in [2.75, 3.05) is 19.0 Å². The molecule has 1 amide bonds. The molecule has 13 heavy (non-hydrogen) atoms. The Labute approximate surface area is 81.5 Å². The number of hydrogen-bond acceptors (Lipinski definition) is 2. The number of piperidine rings is 1. The Morgan fingerprint density at radius 3 is 2.77 bits per heavy atom. The number of halogens is 1. The number of likely N-dealkylation sites (tertiary alicyclic amines) is 1. The molecule has 0 unspecified atom stereocenters. The Hall–Kier alpha value is -0.770. The minimum atomic E-state index is -0.827. The predicted octanol–water partition coefficient (Wildman–Crippen LogP) is 0.548. The second kappa shape index (κ2) is 4.46. The lowest BCUT2D eigenvalue weighted by Gasteiger charge is -2.30. The molecule has 1 rings (SSSR count). The summed E-state index contributed by atoms with van der Waals surface area (Å²) in [5.41, 5.74) is 0. The molecule has 0 aromatic heterocycles. The van der Waals surface area contributed by atoms with E-state index in [9.17, 15) is 9.59 Å². The van der Waals surface area contributed by atoms with Crippen LogP contribution in [0.3, 0.4) is 0 Å². The molecule has 0 spiro atoms. The van der Waals surface area contributed by atoms with Crippen LogP contribution in [0.2, 0.25) is 0 Å². The van der Waals surface area contributed by atoms with E-state index in [-0.39, 0.29) is 11.8 Å². The van der Waals surface area contributed by atoms with Crippen molar-refractivity contribution in [1.82, 2.24) is 4.90 Å². The van der Waals surface area contributed by atoms with Crippen molar-refractivity contribution in [2.24, 2.45) is 5.92 Å². The van der Waals surface area contributed by atoms with E-state index in [0.29, 0.717) is 19.5 Å². The van der Waals surface area contributed by atoms with Crippen molar-refractivity contribution >= 4 is 23.5 Å². The van der Waals surface area contributed by atoms with Gasteiger partial charge < -0.3 is 10.0 Å². The molecule has 1 atom stereocenters. The van der Waals surface area contributed by atoms with Gasteiger partial charge in [0, 0.05) is 13.1 Å². The molecule has 1 aliphatic heterocycles. The highest BCUT2D eigenvalue weighted by atomic mass is 35.5. The molecule has 0 aromatic rings. The van der Waals surface area contributed by atoms with Gasteiger partial charge in [-0.3, -0.25) is 9.59 Å². The quantitative estimate of drug-likeness (QED) is 0.670. The Kier molecular flexibility index (Phi) is 3.54. The van der Waals surface area contributed by atoms with Gasteiger partial charge >= 0.3 is 5.97 Å². The standard InChI is InChI=1S/C8H12ClNO3/c9-4-7(11)10-3-1-2-6(5-10)8(12)13/h6H,1-5H2,(H,12,13)/t6-/m0/s1. The molecule has 1 N–H and O–H groups in total. The van der Waals surface area contributed by atoms with E-state index >= 15 is 0 Å². The maximum atomic E-state index is 11.1. The summed E-state index contributed by atoms with van der Waals surface area (Å²) in [7, 11) is 0. The zero-order valence-electron chi connectivity index (χ0n) is 7.20. The minimum Gasteiger partial charge on any atom is -0.481 e. The number of amides is 1. The van der Waals surface area contributed by atoms with Crippen molar-refractivity contribution in [3.8, 4) is 0 Å². The van der Waals surface area contributed by atoms with Crippen LogP contribution in [0.15, 0.2) is 0 Å². The van der Waals surface area contributed by atoms with Gasteiger partial charge in [0.1, 0.15) is 5.88 Å². The summed E-state index contributed by atoms with van der Waals surface area (Å²) in [5.74, 6) is -1.48. The first-order chi connectivity index (χ1) is 6.15. The van der Waals surface area contributed by atoms with E-state index in [0.717, 1.165) is 6.42 Å². The number of nitrogens with zero attached hydrogens (tertiary/aromatic N) is 1. The van der Waals surface area contributed by atoms with E-state index in [1.807, 2.05) is 0 Å². The lowest BCUT2D eigenvalue weighted by atomic mass is 9.98. The second-order valence-electron chi connectivity index (χ2n) is 3.15. The molecule has 1 saturated heterocycles. The third-order valence-corrected chi connectivity index (χ3v) is 2.47. The first-order valence-electron chi connectivity index (χ1n) is 4.21. The molecule has 4 nitrogen and oxygen atoms in total. The van der Waals surface area contributed by atoms with Gasteiger partial charge in [-0.05, 0) is 12.8 Å². The summed E-state index contributed by atoms with van der Waals surface area (Å²) >= 11 is 5.37. The zero-order chi connectivity index (χ0) is 9.84. The minimum absolute atomic E-state index is 0.0632. The van der Waals surface area contributed by atoms with Crippen LogP contribution in [-0.2, 0) is 9.59 Å². The monoisotopic (exact) mass is 205 g/mol. The highest BCUT2D eigenvalue weighted by molar-refractivity contribution is 6.27. The first kappa shape index (κ1) is 10.3. The Balaban J connectivity index is 2.51. The van der Waals surface area contributed by atoms with Gasteiger partial charge in [0.25, 0.3) is 0 Å². The smallest absolute Gasteiger partial charge is 0.308 e. The highest BCUT2D eigenvalue weighted by Crippen LogP contribution is 2.16. The van der Waals surface area contributed by atoms with Crippen LogP contribution in [0.25, 0.3) is 0 Å². The van der Waals surface area contributed by atoms with Crippen LogP contribution in [0.5, 0.6) is 0 Å². The Morgan fingerprint density at radius 2 is 2.23 bits per heavy atom. The summed E-state index contributed by atoms with van der Waals surface area (Å²) in [6, 6.07) is 0. The van der Waals surface area contributed by atoms with Gasteiger partial charge in [0.15, 0.2) is 0 Å². The maximum absolute atomic E-state index is 11.1. The highest BCUT2D eigenvalue weighted by Gasteiger charge is 2.27. The molecule has 0 bridgehead atoms. The van der Waals surface area contributed by atoms with Gasteiger partial charge in [-0.1, -0.05) is 0 Å². The van der Waals surface area contributed by atoms with Crippen LogP contribution in [0.4, 0.5) is 0 Å². The molecule has 0 saturated carbocycles. The fourth-order valence-corrected chi connectivity index (χ4v) is 1.66. The van der Waals surface area contributed by atoms with Crippen molar-refractivity contribution < 1.29 is 14.7 Å².